The highest BCUT2D eigenvalue weighted by atomic mass is 16.4. The van der Waals surface area contributed by atoms with Crippen molar-refractivity contribution in [3.8, 4) is 6.07 Å². The Balaban J connectivity index is 1.88. The summed E-state index contributed by atoms with van der Waals surface area (Å²) in [7, 11) is 0. The van der Waals surface area contributed by atoms with Gasteiger partial charge in [0.2, 0.25) is 5.69 Å². The van der Waals surface area contributed by atoms with Gasteiger partial charge in [-0.1, -0.05) is 18.2 Å². The topological polar surface area (TPSA) is 90.0 Å². The van der Waals surface area contributed by atoms with Crippen molar-refractivity contribution in [2.75, 3.05) is 5.43 Å². The molecule has 0 unspecified atom stereocenters. The predicted molar refractivity (Wildman–Crippen MR) is 80.2 cm³/mol. The monoisotopic (exact) mass is 279 g/mol. The van der Waals surface area contributed by atoms with Crippen LogP contribution in [0, 0.1) is 25.2 Å². The average molecular weight is 279 g/mol. The first kappa shape index (κ1) is 12.9. The molecule has 0 amide bonds. The van der Waals surface area contributed by atoms with Crippen LogP contribution in [-0.2, 0) is 0 Å². The summed E-state index contributed by atoms with van der Waals surface area (Å²) >= 11 is 0. The fourth-order valence-corrected chi connectivity index (χ4v) is 2.20. The van der Waals surface area contributed by atoms with Crippen LogP contribution in [0.3, 0.4) is 0 Å². The standard InChI is InChI=1S/C15H13N5O/c1-9-12(11-5-3-4-6-13(11)18-9)8-17-20-15-14(7-16)19-10(2)21-15/h3-6,8,18,20H,1-2H3. The first-order chi connectivity index (χ1) is 10.2. The van der Waals surface area contributed by atoms with Crippen LogP contribution in [-0.4, -0.2) is 16.2 Å². The molecule has 0 aliphatic heterocycles. The molecule has 0 fully saturated rings. The van der Waals surface area contributed by atoms with Gasteiger partial charge >= 0.3 is 0 Å². The smallest absolute Gasteiger partial charge is 0.252 e. The largest absolute Gasteiger partial charge is 0.422 e. The van der Waals surface area contributed by atoms with Gasteiger partial charge in [-0.15, -0.1) is 0 Å². The number of fused-ring (bicyclic) bond motifs is 1. The number of anilines is 1. The van der Waals surface area contributed by atoms with Crippen molar-refractivity contribution in [3.63, 3.8) is 0 Å². The molecule has 0 aliphatic rings. The number of aromatic amines is 1. The van der Waals surface area contributed by atoms with Gasteiger partial charge in [-0.25, -0.2) is 10.4 Å². The number of rotatable bonds is 3. The van der Waals surface area contributed by atoms with E-state index in [-0.39, 0.29) is 11.6 Å². The molecule has 0 bridgehead atoms. The number of hydrazone groups is 1. The lowest BCUT2D eigenvalue weighted by atomic mass is 10.1. The Kier molecular flexibility index (Phi) is 3.16. The molecule has 104 valence electrons. The van der Waals surface area contributed by atoms with E-state index in [1.54, 1.807) is 13.1 Å². The maximum absolute atomic E-state index is 8.93. The van der Waals surface area contributed by atoms with E-state index < -0.39 is 0 Å². The minimum absolute atomic E-state index is 0.195. The van der Waals surface area contributed by atoms with E-state index in [0.717, 1.165) is 22.2 Å². The minimum Gasteiger partial charge on any atom is -0.422 e. The van der Waals surface area contributed by atoms with Gasteiger partial charge in [0.15, 0.2) is 5.89 Å². The SMILES string of the molecule is Cc1nc(C#N)c(NN=Cc2c(C)[nH]c3ccccc23)o1. The van der Waals surface area contributed by atoms with Crippen LogP contribution >= 0.6 is 0 Å². The summed E-state index contributed by atoms with van der Waals surface area (Å²) < 4.78 is 5.28. The normalized spacial score (nSPS) is 11.1. The van der Waals surface area contributed by atoms with Crippen molar-refractivity contribution in [1.82, 2.24) is 9.97 Å². The number of aryl methyl sites for hydroxylation is 2. The van der Waals surface area contributed by atoms with E-state index in [1.165, 1.54) is 0 Å². The fourth-order valence-electron chi connectivity index (χ4n) is 2.20. The Morgan fingerprint density at radius 3 is 3.00 bits per heavy atom. The summed E-state index contributed by atoms with van der Waals surface area (Å²) in [6, 6.07) is 9.96. The molecule has 0 aliphatic carbocycles. The molecule has 21 heavy (non-hydrogen) atoms. The van der Waals surface area contributed by atoms with Gasteiger partial charge in [0.1, 0.15) is 6.07 Å². The molecule has 0 saturated carbocycles. The highest BCUT2D eigenvalue weighted by Crippen LogP contribution is 2.20. The van der Waals surface area contributed by atoms with E-state index in [0.29, 0.717) is 5.89 Å². The summed E-state index contributed by atoms with van der Waals surface area (Å²) in [5.74, 6) is 0.677. The fraction of sp³-hybridized carbons (Fsp3) is 0.133. The van der Waals surface area contributed by atoms with Gasteiger partial charge in [-0.05, 0) is 13.0 Å². The maximum atomic E-state index is 8.93. The summed E-state index contributed by atoms with van der Waals surface area (Å²) in [5, 5.41) is 14.2. The molecular weight excluding hydrogens is 266 g/mol. The van der Waals surface area contributed by atoms with Crippen LogP contribution in [0.4, 0.5) is 5.88 Å². The van der Waals surface area contributed by atoms with E-state index in [1.807, 2.05) is 37.3 Å². The summed E-state index contributed by atoms with van der Waals surface area (Å²) in [4.78, 5) is 7.24. The molecule has 6 heteroatoms. The molecular formula is C15H13N5O. The van der Waals surface area contributed by atoms with Crippen LogP contribution in [0.2, 0.25) is 0 Å². The molecule has 0 spiro atoms. The highest BCUT2D eigenvalue weighted by Gasteiger charge is 2.09. The van der Waals surface area contributed by atoms with E-state index in [2.05, 4.69) is 20.5 Å². The molecule has 1 aromatic carbocycles. The number of hydrogen-bond acceptors (Lipinski definition) is 5. The average Bonchev–Trinajstić information content (AvgIpc) is 2.99. The molecule has 0 saturated heterocycles. The summed E-state index contributed by atoms with van der Waals surface area (Å²) in [6.45, 7) is 3.67. The van der Waals surface area contributed by atoms with Crippen molar-refractivity contribution in [2.24, 2.45) is 5.10 Å². The number of aromatic nitrogens is 2. The second kappa shape index (κ2) is 5.13. The van der Waals surface area contributed by atoms with Crippen molar-refractivity contribution in [2.45, 2.75) is 13.8 Å². The third-order valence-electron chi connectivity index (χ3n) is 3.14. The number of oxazole rings is 1. The van der Waals surface area contributed by atoms with Gasteiger partial charge in [-0.2, -0.15) is 10.4 Å². The summed E-state index contributed by atoms with van der Waals surface area (Å²) in [5.41, 5.74) is 5.99. The number of nitrogens with one attached hydrogen (secondary N) is 2. The van der Waals surface area contributed by atoms with Crippen molar-refractivity contribution >= 4 is 23.0 Å². The quantitative estimate of drug-likeness (QED) is 0.569. The minimum atomic E-state index is 0.195. The zero-order chi connectivity index (χ0) is 14.8. The Hall–Kier alpha value is -3.07. The molecule has 2 heterocycles. The number of nitriles is 1. The first-order valence-electron chi connectivity index (χ1n) is 6.43. The van der Waals surface area contributed by atoms with Crippen molar-refractivity contribution < 1.29 is 4.42 Å². The molecule has 3 rings (SSSR count). The Morgan fingerprint density at radius 2 is 2.19 bits per heavy atom. The number of H-pyrrole nitrogens is 1. The van der Waals surface area contributed by atoms with E-state index in [9.17, 15) is 0 Å². The van der Waals surface area contributed by atoms with Crippen molar-refractivity contribution in [1.29, 1.82) is 5.26 Å². The zero-order valence-corrected chi connectivity index (χ0v) is 11.6. The van der Waals surface area contributed by atoms with E-state index in [4.69, 9.17) is 9.68 Å². The summed E-state index contributed by atoms with van der Waals surface area (Å²) in [6.07, 6.45) is 1.70. The maximum Gasteiger partial charge on any atom is 0.252 e. The van der Waals surface area contributed by atoms with Crippen molar-refractivity contribution in [3.05, 3.63) is 47.1 Å². The second-order valence-electron chi connectivity index (χ2n) is 4.60. The molecule has 6 nitrogen and oxygen atoms in total. The number of benzene rings is 1. The number of para-hydroxylation sites is 1. The lowest BCUT2D eigenvalue weighted by Crippen LogP contribution is -1.92. The lowest BCUT2D eigenvalue weighted by molar-refractivity contribution is 0.533. The van der Waals surface area contributed by atoms with Crippen LogP contribution < -0.4 is 5.43 Å². The second-order valence-corrected chi connectivity index (χ2v) is 4.60. The number of hydrogen-bond donors (Lipinski definition) is 2. The molecule has 3 aromatic rings. The highest BCUT2D eigenvalue weighted by molar-refractivity contribution is 6.00. The molecule has 2 N–H and O–H groups in total. The Labute approximate surface area is 121 Å². The third kappa shape index (κ3) is 2.37. The molecule has 0 atom stereocenters. The lowest BCUT2D eigenvalue weighted by Gasteiger charge is -1.95. The van der Waals surface area contributed by atoms with Gasteiger partial charge < -0.3 is 9.40 Å². The van der Waals surface area contributed by atoms with Crippen LogP contribution in [0.5, 0.6) is 0 Å². The Morgan fingerprint density at radius 1 is 1.38 bits per heavy atom. The third-order valence-corrected chi connectivity index (χ3v) is 3.14. The van der Waals surface area contributed by atoms with Gasteiger partial charge in [0.05, 0.1) is 6.21 Å². The van der Waals surface area contributed by atoms with Gasteiger partial charge in [0.25, 0.3) is 5.88 Å². The molecule has 2 aromatic heterocycles. The van der Waals surface area contributed by atoms with Gasteiger partial charge in [0, 0.05) is 29.1 Å². The van der Waals surface area contributed by atoms with E-state index >= 15 is 0 Å². The van der Waals surface area contributed by atoms with Gasteiger partial charge in [-0.3, -0.25) is 0 Å². The van der Waals surface area contributed by atoms with Crippen LogP contribution in [0.25, 0.3) is 10.9 Å². The Bertz CT molecular complexity index is 866. The van der Waals surface area contributed by atoms with Crippen LogP contribution in [0.15, 0.2) is 33.8 Å². The first-order valence-corrected chi connectivity index (χ1v) is 6.43. The zero-order valence-electron chi connectivity index (χ0n) is 11.6. The van der Waals surface area contributed by atoms with Crippen LogP contribution in [0.1, 0.15) is 22.8 Å². The predicted octanol–water partition coefficient (Wildman–Crippen LogP) is 3.09. The molecule has 0 radical (unpaired) electrons. The number of nitrogens with zero attached hydrogens (tertiary/aromatic N) is 3.